The number of fused-ring (bicyclic) bond motifs is 2. The third-order valence-corrected chi connectivity index (χ3v) is 5.81. The minimum Gasteiger partial charge on any atom is -0.353 e. The van der Waals surface area contributed by atoms with Gasteiger partial charge in [0.05, 0.1) is 0 Å². The molecule has 0 atom stereocenters. The Kier molecular flexibility index (Phi) is 5.04. The highest BCUT2D eigenvalue weighted by molar-refractivity contribution is 5.81. The lowest BCUT2D eigenvalue weighted by Gasteiger charge is -2.30. The number of hydrogen-bond acceptors (Lipinski definition) is 6. The van der Waals surface area contributed by atoms with Gasteiger partial charge in [-0.05, 0) is 36.5 Å². The summed E-state index contributed by atoms with van der Waals surface area (Å²) in [5, 5.41) is 7.77. The van der Waals surface area contributed by atoms with Gasteiger partial charge in [0, 0.05) is 50.7 Å². The Balaban J connectivity index is 1.31. The van der Waals surface area contributed by atoms with Crippen LogP contribution in [0.15, 0.2) is 54.6 Å². The first-order valence-electron chi connectivity index (χ1n) is 10.3. The fourth-order valence-electron chi connectivity index (χ4n) is 4.31. The minimum atomic E-state index is 0.696. The monoisotopic (exact) mass is 387 g/mol. The van der Waals surface area contributed by atoms with Crippen LogP contribution in [-0.4, -0.2) is 55.8 Å². The van der Waals surface area contributed by atoms with Crippen LogP contribution in [0.3, 0.4) is 0 Å². The van der Waals surface area contributed by atoms with E-state index in [0.717, 1.165) is 57.8 Å². The Morgan fingerprint density at radius 3 is 2.59 bits per heavy atom. The second-order valence-corrected chi connectivity index (χ2v) is 7.53. The fourth-order valence-corrected chi connectivity index (χ4v) is 4.31. The van der Waals surface area contributed by atoms with Crippen LogP contribution in [-0.2, 0) is 13.0 Å². The standard InChI is InChI=1S/C22H25N7/c1-2-5-19-17(4-1)8-14-29-21(26-16-27-29)20(19)18-6-12-28(13-7-18)15-11-25-22-23-9-3-10-24-22/h1-5,9-10,16H,6-8,11-15H2,(H,23,24,25). The van der Waals surface area contributed by atoms with Gasteiger partial charge >= 0.3 is 0 Å². The number of aryl methyl sites for hydroxylation is 2. The maximum atomic E-state index is 4.63. The molecule has 0 unspecified atom stereocenters. The number of hydrogen-bond donors (Lipinski definition) is 1. The van der Waals surface area contributed by atoms with Crippen molar-refractivity contribution in [3.63, 3.8) is 0 Å². The Labute approximate surface area is 170 Å². The van der Waals surface area contributed by atoms with E-state index in [4.69, 9.17) is 0 Å². The summed E-state index contributed by atoms with van der Waals surface area (Å²) in [6, 6.07) is 10.6. The molecule has 1 fully saturated rings. The summed E-state index contributed by atoms with van der Waals surface area (Å²) in [6.45, 7) is 4.86. The van der Waals surface area contributed by atoms with Crippen molar-refractivity contribution in [2.45, 2.75) is 25.8 Å². The molecule has 1 aromatic carbocycles. The fraction of sp³-hybridized carbons (Fsp3) is 0.364. The zero-order valence-corrected chi connectivity index (χ0v) is 16.5. The number of likely N-dealkylation sites (tertiary alicyclic amines) is 1. The molecule has 0 spiro atoms. The van der Waals surface area contributed by atoms with Gasteiger partial charge in [0.2, 0.25) is 5.95 Å². The highest BCUT2D eigenvalue weighted by Gasteiger charge is 2.25. The van der Waals surface area contributed by atoms with E-state index in [-0.39, 0.29) is 0 Å². The lowest BCUT2D eigenvalue weighted by molar-refractivity contribution is 0.266. The van der Waals surface area contributed by atoms with E-state index in [2.05, 4.69) is 59.2 Å². The quantitative estimate of drug-likeness (QED) is 0.742. The molecule has 29 heavy (non-hydrogen) atoms. The molecule has 2 aliphatic heterocycles. The molecule has 4 heterocycles. The van der Waals surface area contributed by atoms with Crippen molar-refractivity contribution in [3.05, 3.63) is 71.6 Å². The largest absolute Gasteiger partial charge is 0.353 e. The van der Waals surface area contributed by atoms with Gasteiger partial charge in [-0.25, -0.2) is 19.6 Å². The van der Waals surface area contributed by atoms with Crippen molar-refractivity contribution in [1.29, 1.82) is 0 Å². The van der Waals surface area contributed by atoms with Crippen molar-refractivity contribution in [2.24, 2.45) is 0 Å². The lowest BCUT2D eigenvalue weighted by atomic mass is 9.90. The minimum absolute atomic E-state index is 0.696. The molecule has 1 N–H and O–H groups in total. The van der Waals surface area contributed by atoms with E-state index in [1.54, 1.807) is 18.7 Å². The van der Waals surface area contributed by atoms with E-state index >= 15 is 0 Å². The highest BCUT2D eigenvalue weighted by atomic mass is 15.3. The highest BCUT2D eigenvalue weighted by Crippen LogP contribution is 2.35. The van der Waals surface area contributed by atoms with Crippen molar-refractivity contribution in [2.75, 3.05) is 31.5 Å². The van der Waals surface area contributed by atoms with Gasteiger partial charge in [0.1, 0.15) is 6.33 Å². The van der Waals surface area contributed by atoms with Gasteiger partial charge in [0.25, 0.3) is 0 Å². The van der Waals surface area contributed by atoms with Crippen LogP contribution in [0, 0.1) is 0 Å². The van der Waals surface area contributed by atoms with E-state index < -0.39 is 0 Å². The molecule has 3 aromatic rings. The van der Waals surface area contributed by atoms with Gasteiger partial charge in [-0.2, -0.15) is 5.10 Å². The first-order valence-corrected chi connectivity index (χ1v) is 10.3. The molecule has 0 bridgehead atoms. The molecule has 0 radical (unpaired) electrons. The Bertz CT molecular complexity index is 999. The number of nitrogens with one attached hydrogen (secondary N) is 1. The average Bonchev–Trinajstić information content (AvgIpc) is 3.17. The van der Waals surface area contributed by atoms with Gasteiger partial charge in [0.15, 0.2) is 5.82 Å². The van der Waals surface area contributed by atoms with Crippen LogP contribution in [0.25, 0.3) is 5.57 Å². The number of nitrogens with zero attached hydrogens (tertiary/aromatic N) is 6. The predicted molar refractivity (Wildman–Crippen MR) is 112 cm³/mol. The SMILES string of the molecule is c1cnc(NCCN2CCC(=C3c4ccccc4CCn4ncnc43)CC2)nc1. The maximum Gasteiger partial charge on any atom is 0.222 e. The lowest BCUT2D eigenvalue weighted by Crippen LogP contribution is -2.35. The third kappa shape index (κ3) is 3.78. The zero-order valence-electron chi connectivity index (χ0n) is 16.5. The Hall–Kier alpha value is -3.06. The summed E-state index contributed by atoms with van der Waals surface area (Å²) in [5.74, 6) is 1.73. The first kappa shape index (κ1) is 18.0. The topological polar surface area (TPSA) is 71.8 Å². The molecule has 1 saturated heterocycles. The predicted octanol–water partition coefficient (Wildman–Crippen LogP) is 2.63. The number of aromatic nitrogens is 5. The van der Waals surface area contributed by atoms with Gasteiger partial charge < -0.3 is 10.2 Å². The summed E-state index contributed by atoms with van der Waals surface area (Å²) < 4.78 is 2.07. The van der Waals surface area contributed by atoms with Gasteiger partial charge in [-0.1, -0.05) is 29.8 Å². The van der Waals surface area contributed by atoms with Crippen LogP contribution < -0.4 is 5.32 Å². The number of rotatable bonds is 4. The molecule has 0 amide bonds. The second-order valence-electron chi connectivity index (χ2n) is 7.53. The van der Waals surface area contributed by atoms with Gasteiger partial charge in [-0.3, -0.25) is 0 Å². The van der Waals surface area contributed by atoms with Gasteiger partial charge in [-0.15, -0.1) is 0 Å². The van der Waals surface area contributed by atoms with Crippen LogP contribution in [0.2, 0.25) is 0 Å². The molecule has 7 nitrogen and oxygen atoms in total. The molecule has 0 saturated carbocycles. The third-order valence-electron chi connectivity index (χ3n) is 5.81. The molecule has 2 aliphatic rings. The van der Waals surface area contributed by atoms with E-state index in [1.807, 2.05) is 6.07 Å². The summed E-state index contributed by atoms with van der Waals surface area (Å²) in [6.07, 6.45) is 8.35. The van der Waals surface area contributed by atoms with Crippen LogP contribution >= 0.6 is 0 Å². The number of anilines is 1. The molecular weight excluding hydrogens is 362 g/mol. The summed E-state index contributed by atoms with van der Waals surface area (Å²) in [4.78, 5) is 15.6. The first-order chi connectivity index (χ1) is 14.4. The molecule has 5 rings (SSSR count). The van der Waals surface area contributed by atoms with Crippen molar-refractivity contribution < 1.29 is 0 Å². The Morgan fingerprint density at radius 2 is 1.72 bits per heavy atom. The molecule has 148 valence electrons. The number of benzene rings is 1. The summed E-state index contributed by atoms with van der Waals surface area (Å²) in [7, 11) is 0. The van der Waals surface area contributed by atoms with E-state index in [0.29, 0.717) is 5.95 Å². The number of piperidine rings is 1. The Morgan fingerprint density at radius 1 is 0.897 bits per heavy atom. The molecule has 7 heteroatoms. The molecule has 2 aromatic heterocycles. The normalized spacial score (nSPS) is 16.8. The van der Waals surface area contributed by atoms with Crippen LogP contribution in [0.1, 0.15) is 29.8 Å². The summed E-state index contributed by atoms with van der Waals surface area (Å²) in [5.41, 5.74) is 5.55. The van der Waals surface area contributed by atoms with E-state index in [1.165, 1.54) is 22.3 Å². The maximum absolute atomic E-state index is 4.63. The van der Waals surface area contributed by atoms with Crippen molar-refractivity contribution in [1.82, 2.24) is 29.6 Å². The smallest absolute Gasteiger partial charge is 0.222 e. The van der Waals surface area contributed by atoms with Crippen molar-refractivity contribution in [3.8, 4) is 0 Å². The zero-order chi connectivity index (χ0) is 19.5. The summed E-state index contributed by atoms with van der Waals surface area (Å²) >= 11 is 0. The van der Waals surface area contributed by atoms with Crippen molar-refractivity contribution >= 4 is 11.5 Å². The second kappa shape index (κ2) is 8.13. The molecule has 0 aliphatic carbocycles. The molecular formula is C22H25N7. The van der Waals surface area contributed by atoms with Crippen LogP contribution in [0.5, 0.6) is 0 Å². The van der Waals surface area contributed by atoms with E-state index in [9.17, 15) is 0 Å². The van der Waals surface area contributed by atoms with Crippen LogP contribution in [0.4, 0.5) is 5.95 Å². The average molecular weight is 387 g/mol.